The van der Waals surface area contributed by atoms with Gasteiger partial charge in [0.05, 0.1) is 7.11 Å². The van der Waals surface area contributed by atoms with E-state index in [-0.39, 0.29) is 5.75 Å². The molecule has 1 aromatic carbocycles. The molecule has 0 spiro atoms. The highest BCUT2D eigenvalue weighted by molar-refractivity contribution is 5.87. The molecule has 0 amide bonds. The van der Waals surface area contributed by atoms with Crippen LogP contribution in [0.3, 0.4) is 0 Å². The second-order valence-corrected chi connectivity index (χ2v) is 4.28. The van der Waals surface area contributed by atoms with Gasteiger partial charge in [0, 0.05) is 25.1 Å². The molecule has 0 saturated carbocycles. The number of ether oxygens (including phenoxy) is 3. The van der Waals surface area contributed by atoms with Crippen molar-refractivity contribution in [3.63, 3.8) is 0 Å². The van der Waals surface area contributed by atoms with Gasteiger partial charge in [-0.1, -0.05) is 18.2 Å². The minimum atomic E-state index is -1.89. The van der Waals surface area contributed by atoms with Gasteiger partial charge in [0.25, 0.3) is 5.60 Å². The zero-order chi connectivity index (χ0) is 16.0. The van der Waals surface area contributed by atoms with Gasteiger partial charge in [-0.2, -0.15) is 5.26 Å². The predicted octanol–water partition coefficient (Wildman–Crippen LogP) is 2.06. The molecule has 0 bridgehead atoms. The van der Waals surface area contributed by atoms with Crippen LogP contribution >= 0.6 is 0 Å². The van der Waals surface area contributed by atoms with E-state index in [9.17, 15) is 10.1 Å². The SMILES string of the molecule is COc1ccccc1OC(=O)C(C#N)(OC)c1cccnc1. The largest absolute Gasteiger partial charge is 0.493 e. The Bertz CT molecular complexity index is 697. The van der Waals surface area contributed by atoms with Crippen LogP contribution in [0.2, 0.25) is 0 Å². The van der Waals surface area contributed by atoms with E-state index in [0.717, 1.165) is 0 Å². The number of para-hydroxylation sites is 2. The summed E-state index contributed by atoms with van der Waals surface area (Å²) >= 11 is 0. The van der Waals surface area contributed by atoms with Gasteiger partial charge in [0.1, 0.15) is 6.07 Å². The van der Waals surface area contributed by atoms with Crippen molar-refractivity contribution >= 4 is 5.97 Å². The van der Waals surface area contributed by atoms with E-state index in [0.29, 0.717) is 11.3 Å². The molecule has 1 heterocycles. The fourth-order valence-electron chi connectivity index (χ4n) is 1.92. The maximum Gasteiger partial charge on any atom is 0.363 e. The van der Waals surface area contributed by atoms with E-state index in [2.05, 4.69) is 4.98 Å². The number of methoxy groups -OCH3 is 2. The highest BCUT2D eigenvalue weighted by Gasteiger charge is 2.44. The molecule has 1 aromatic heterocycles. The summed E-state index contributed by atoms with van der Waals surface area (Å²) in [5.41, 5.74) is -1.60. The lowest BCUT2D eigenvalue weighted by atomic mass is 9.97. The summed E-state index contributed by atoms with van der Waals surface area (Å²) in [6, 6.07) is 11.7. The Hall–Kier alpha value is -2.91. The lowest BCUT2D eigenvalue weighted by Gasteiger charge is -2.23. The van der Waals surface area contributed by atoms with Gasteiger partial charge < -0.3 is 14.2 Å². The number of carbonyl (C=O) groups is 1. The third-order valence-electron chi connectivity index (χ3n) is 3.09. The van der Waals surface area contributed by atoms with E-state index in [1.807, 2.05) is 6.07 Å². The molecule has 0 saturated heterocycles. The van der Waals surface area contributed by atoms with E-state index in [4.69, 9.17) is 14.2 Å². The van der Waals surface area contributed by atoms with Crippen molar-refractivity contribution in [2.24, 2.45) is 0 Å². The van der Waals surface area contributed by atoms with Gasteiger partial charge in [-0.3, -0.25) is 4.98 Å². The summed E-state index contributed by atoms with van der Waals surface area (Å²) in [7, 11) is 2.72. The van der Waals surface area contributed by atoms with Crippen LogP contribution in [0.25, 0.3) is 0 Å². The maximum atomic E-state index is 12.5. The molecule has 112 valence electrons. The zero-order valence-corrected chi connectivity index (χ0v) is 12.1. The lowest BCUT2D eigenvalue weighted by Crippen LogP contribution is -2.40. The van der Waals surface area contributed by atoms with Gasteiger partial charge in [0.15, 0.2) is 11.5 Å². The van der Waals surface area contributed by atoms with Crippen LogP contribution in [0.1, 0.15) is 5.56 Å². The Morgan fingerprint density at radius 1 is 1.18 bits per heavy atom. The monoisotopic (exact) mass is 298 g/mol. The summed E-state index contributed by atoms with van der Waals surface area (Å²) in [5.74, 6) is -0.282. The number of benzene rings is 1. The molecule has 0 radical (unpaired) electrons. The predicted molar refractivity (Wildman–Crippen MR) is 77.2 cm³/mol. The summed E-state index contributed by atoms with van der Waals surface area (Å²) in [5, 5.41) is 9.47. The standard InChI is InChI=1S/C16H14N2O4/c1-20-13-7-3-4-8-14(13)22-15(19)16(11-17,21-2)12-6-5-9-18-10-12/h3-10H,1-2H3. The van der Waals surface area contributed by atoms with E-state index < -0.39 is 11.6 Å². The van der Waals surface area contributed by atoms with Crippen molar-refractivity contribution in [2.75, 3.05) is 14.2 Å². The van der Waals surface area contributed by atoms with Crippen molar-refractivity contribution < 1.29 is 19.0 Å². The van der Waals surface area contributed by atoms with Crippen molar-refractivity contribution in [3.05, 3.63) is 54.4 Å². The molecule has 2 rings (SSSR count). The van der Waals surface area contributed by atoms with Gasteiger partial charge in [-0.05, 0) is 18.2 Å². The van der Waals surface area contributed by atoms with Crippen LogP contribution in [-0.2, 0) is 15.1 Å². The first kappa shape index (κ1) is 15.5. The highest BCUT2D eigenvalue weighted by atomic mass is 16.6. The van der Waals surface area contributed by atoms with E-state index >= 15 is 0 Å². The van der Waals surface area contributed by atoms with Crippen LogP contribution in [0.15, 0.2) is 48.8 Å². The number of hydrogen-bond acceptors (Lipinski definition) is 6. The van der Waals surface area contributed by atoms with Crippen LogP contribution < -0.4 is 9.47 Å². The molecular formula is C16H14N2O4. The van der Waals surface area contributed by atoms with Crippen molar-refractivity contribution in [1.29, 1.82) is 5.26 Å². The Labute approximate surface area is 127 Å². The Morgan fingerprint density at radius 2 is 1.91 bits per heavy atom. The number of carbonyl (C=O) groups excluding carboxylic acids is 1. The topological polar surface area (TPSA) is 81.4 Å². The number of rotatable bonds is 5. The Kier molecular flexibility index (Phi) is 4.71. The molecule has 22 heavy (non-hydrogen) atoms. The van der Waals surface area contributed by atoms with Crippen LogP contribution in [0.5, 0.6) is 11.5 Å². The quantitative estimate of drug-likeness (QED) is 0.621. The molecular weight excluding hydrogens is 284 g/mol. The second kappa shape index (κ2) is 6.70. The molecule has 0 fully saturated rings. The van der Waals surface area contributed by atoms with Crippen LogP contribution in [-0.4, -0.2) is 25.2 Å². The van der Waals surface area contributed by atoms with Gasteiger partial charge in [0.2, 0.25) is 0 Å². The minimum absolute atomic E-state index is 0.204. The maximum absolute atomic E-state index is 12.5. The number of pyridine rings is 1. The number of nitriles is 1. The van der Waals surface area contributed by atoms with Gasteiger partial charge in [-0.25, -0.2) is 4.79 Å². The number of esters is 1. The number of hydrogen-bond donors (Lipinski definition) is 0. The molecule has 1 atom stereocenters. The molecule has 6 nitrogen and oxygen atoms in total. The first-order valence-electron chi connectivity index (χ1n) is 6.40. The summed E-state index contributed by atoms with van der Waals surface area (Å²) in [6.07, 6.45) is 2.92. The zero-order valence-electron chi connectivity index (χ0n) is 12.1. The molecule has 0 N–H and O–H groups in total. The first-order valence-corrected chi connectivity index (χ1v) is 6.40. The molecule has 0 aliphatic carbocycles. The Balaban J connectivity index is 2.38. The van der Waals surface area contributed by atoms with Crippen LogP contribution in [0, 0.1) is 11.3 Å². The number of aromatic nitrogens is 1. The van der Waals surface area contributed by atoms with Crippen molar-refractivity contribution in [1.82, 2.24) is 4.98 Å². The van der Waals surface area contributed by atoms with Gasteiger partial charge >= 0.3 is 5.97 Å². The average molecular weight is 298 g/mol. The minimum Gasteiger partial charge on any atom is -0.493 e. The second-order valence-electron chi connectivity index (χ2n) is 4.28. The molecule has 0 aliphatic heterocycles. The fraction of sp³-hybridized carbons (Fsp3) is 0.188. The highest BCUT2D eigenvalue weighted by Crippen LogP contribution is 2.31. The van der Waals surface area contributed by atoms with Crippen LogP contribution in [0.4, 0.5) is 0 Å². The van der Waals surface area contributed by atoms with Crippen molar-refractivity contribution in [3.8, 4) is 17.6 Å². The molecule has 1 unspecified atom stereocenters. The third kappa shape index (κ3) is 2.75. The summed E-state index contributed by atoms with van der Waals surface area (Å²) in [4.78, 5) is 16.4. The average Bonchev–Trinajstić information content (AvgIpc) is 2.58. The number of nitrogens with zero attached hydrogens (tertiary/aromatic N) is 2. The van der Waals surface area contributed by atoms with E-state index in [1.165, 1.54) is 26.6 Å². The smallest absolute Gasteiger partial charge is 0.363 e. The van der Waals surface area contributed by atoms with Gasteiger partial charge in [-0.15, -0.1) is 0 Å². The first-order chi connectivity index (χ1) is 10.7. The molecule has 0 aliphatic rings. The molecule has 2 aromatic rings. The Morgan fingerprint density at radius 3 is 2.45 bits per heavy atom. The summed E-state index contributed by atoms with van der Waals surface area (Å²) in [6.45, 7) is 0. The summed E-state index contributed by atoms with van der Waals surface area (Å²) < 4.78 is 15.6. The fourth-order valence-corrected chi connectivity index (χ4v) is 1.92. The third-order valence-corrected chi connectivity index (χ3v) is 3.09. The normalized spacial score (nSPS) is 12.8. The van der Waals surface area contributed by atoms with Crippen molar-refractivity contribution in [2.45, 2.75) is 5.60 Å². The van der Waals surface area contributed by atoms with E-state index in [1.54, 1.807) is 36.4 Å². The molecule has 6 heteroatoms. The lowest BCUT2D eigenvalue weighted by molar-refractivity contribution is -0.153.